The average molecular weight is 257 g/mol. The van der Waals surface area contributed by atoms with Crippen molar-refractivity contribution in [1.29, 1.82) is 0 Å². The number of hydrogen-bond acceptors (Lipinski definition) is 3. The Kier molecular flexibility index (Phi) is 2.93. The second-order valence-corrected chi connectivity index (χ2v) is 5.05. The Bertz CT molecular complexity index is 605. The molecule has 1 N–H and O–H groups in total. The lowest BCUT2D eigenvalue weighted by Crippen LogP contribution is -2.11. The highest BCUT2D eigenvalue weighted by Gasteiger charge is 2.23. The van der Waals surface area contributed by atoms with Crippen LogP contribution in [0, 0.1) is 19.7 Å². The van der Waals surface area contributed by atoms with E-state index < -0.39 is 0 Å². The summed E-state index contributed by atoms with van der Waals surface area (Å²) >= 11 is 0. The molecule has 1 atom stereocenters. The van der Waals surface area contributed by atoms with Crippen molar-refractivity contribution in [3.05, 3.63) is 52.6 Å². The van der Waals surface area contributed by atoms with E-state index in [1.807, 2.05) is 26.0 Å². The molecule has 0 amide bonds. The topological polar surface area (TPSA) is 37.8 Å². The van der Waals surface area contributed by atoms with Gasteiger partial charge >= 0.3 is 0 Å². The summed E-state index contributed by atoms with van der Waals surface area (Å²) in [6.07, 6.45) is 1.92. The van der Waals surface area contributed by atoms with Crippen LogP contribution >= 0.6 is 0 Å². The standard InChI is InChI=1S/C15H16FN3/c1-9-7-10(2)18-15(17-9)19-14-6-4-11-3-5-12(16)8-13(11)14/h3,5,7-8,14H,4,6H2,1-2H3,(H,17,18,19). The molecule has 3 rings (SSSR count). The number of nitrogens with one attached hydrogen (secondary N) is 1. The van der Waals surface area contributed by atoms with Gasteiger partial charge in [0.1, 0.15) is 5.82 Å². The summed E-state index contributed by atoms with van der Waals surface area (Å²) in [5.41, 5.74) is 4.12. The van der Waals surface area contributed by atoms with Crippen molar-refractivity contribution in [2.24, 2.45) is 0 Å². The number of anilines is 1. The van der Waals surface area contributed by atoms with Crippen LogP contribution in [0.3, 0.4) is 0 Å². The minimum Gasteiger partial charge on any atom is -0.347 e. The molecule has 2 aromatic rings. The van der Waals surface area contributed by atoms with E-state index in [0.29, 0.717) is 5.95 Å². The first kappa shape index (κ1) is 12.1. The molecule has 1 aromatic heterocycles. The van der Waals surface area contributed by atoms with Crippen molar-refractivity contribution in [3.8, 4) is 0 Å². The van der Waals surface area contributed by atoms with Gasteiger partial charge in [-0.3, -0.25) is 0 Å². The quantitative estimate of drug-likeness (QED) is 0.896. The summed E-state index contributed by atoms with van der Waals surface area (Å²) < 4.78 is 13.3. The van der Waals surface area contributed by atoms with E-state index in [0.717, 1.165) is 29.8 Å². The van der Waals surface area contributed by atoms with Gasteiger partial charge in [0.2, 0.25) is 5.95 Å². The molecular formula is C15H16FN3. The number of nitrogens with zero attached hydrogens (tertiary/aromatic N) is 2. The van der Waals surface area contributed by atoms with Crippen LogP contribution in [0.4, 0.5) is 10.3 Å². The third kappa shape index (κ3) is 2.43. The van der Waals surface area contributed by atoms with Crippen LogP contribution in [0.2, 0.25) is 0 Å². The van der Waals surface area contributed by atoms with Crippen LogP contribution in [-0.4, -0.2) is 9.97 Å². The molecule has 0 saturated heterocycles. The number of benzene rings is 1. The lowest BCUT2D eigenvalue weighted by molar-refractivity contribution is 0.623. The predicted molar refractivity (Wildman–Crippen MR) is 72.6 cm³/mol. The Morgan fingerprint density at radius 1 is 1.16 bits per heavy atom. The monoisotopic (exact) mass is 257 g/mol. The van der Waals surface area contributed by atoms with Crippen LogP contribution in [-0.2, 0) is 6.42 Å². The molecule has 1 aliphatic carbocycles. The molecule has 0 aliphatic heterocycles. The van der Waals surface area contributed by atoms with Gasteiger partial charge in [-0.1, -0.05) is 6.07 Å². The number of rotatable bonds is 2. The molecule has 1 aliphatic rings. The fourth-order valence-corrected chi connectivity index (χ4v) is 2.67. The summed E-state index contributed by atoms with van der Waals surface area (Å²) in [5.74, 6) is 0.438. The van der Waals surface area contributed by atoms with Crippen LogP contribution in [0.1, 0.15) is 35.0 Å². The molecule has 0 fully saturated rings. The number of halogens is 1. The fraction of sp³-hybridized carbons (Fsp3) is 0.333. The zero-order chi connectivity index (χ0) is 13.4. The highest BCUT2D eigenvalue weighted by Crippen LogP contribution is 2.33. The molecule has 0 spiro atoms. The molecule has 0 radical (unpaired) electrons. The highest BCUT2D eigenvalue weighted by atomic mass is 19.1. The van der Waals surface area contributed by atoms with Gasteiger partial charge in [-0.05, 0) is 56.0 Å². The third-order valence-electron chi connectivity index (χ3n) is 3.47. The number of aryl methyl sites for hydroxylation is 3. The van der Waals surface area contributed by atoms with Crippen molar-refractivity contribution in [2.75, 3.05) is 5.32 Å². The molecular weight excluding hydrogens is 241 g/mol. The first-order valence-electron chi connectivity index (χ1n) is 6.49. The van der Waals surface area contributed by atoms with Gasteiger partial charge in [0, 0.05) is 11.4 Å². The second-order valence-electron chi connectivity index (χ2n) is 5.05. The highest BCUT2D eigenvalue weighted by molar-refractivity contribution is 5.41. The van der Waals surface area contributed by atoms with Crippen LogP contribution in [0.15, 0.2) is 24.3 Å². The molecule has 0 saturated carbocycles. The van der Waals surface area contributed by atoms with Gasteiger partial charge in [0.25, 0.3) is 0 Å². The van der Waals surface area contributed by atoms with Gasteiger partial charge in [-0.2, -0.15) is 0 Å². The number of fused-ring (bicyclic) bond motifs is 1. The minimum absolute atomic E-state index is 0.104. The van der Waals surface area contributed by atoms with E-state index >= 15 is 0 Å². The lowest BCUT2D eigenvalue weighted by Gasteiger charge is -2.14. The Morgan fingerprint density at radius 2 is 1.89 bits per heavy atom. The van der Waals surface area contributed by atoms with Crippen molar-refractivity contribution >= 4 is 5.95 Å². The van der Waals surface area contributed by atoms with Gasteiger partial charge in [-0.25, -0.2) is 14.4 Å². The summed E-state index contributed by atoms with van der Waals surface area (Å²) in [6.45, 7) is 3.89. The van der Waals surface area contributed by atoms with E-state index in [1.54, 1.807) is 6.07 Å². The van der Waals surface area contributed by atoms with Gasteiger partial charge in [0.05, 0.1) is 6.04 Å². The largest absolute Gasteiger partial charge is 0.347 e. The van der Waals surface area contributed by atoms with Crippen molar-refractivity contribution in [1.82, 2.24) is 9.97 Å². The number of aromatic nitrogens is 2. The van der Waals surface area contributed by atoms with Crippen LogP contribution in [0.25, 0.3) is 0 Å². The Morgan fingerprint density at radius 3 is 2.63 bits per heavy atom. The molecule has 4 heteroatoms. The maximum Gasteiger partial charge on any atom is 0.223 e. The zero-order valence-electron chi connectivity index (χ0n) is 11.1. The lowest BCUT2D eigenvalue weighted by atomic mass is 10.1. The molecule has 3 nitrogen and oxygen atoms in total. The normalized spacial score (nSPS) is 17.3. The summed E-state index contributed by atoms with van der Waals surface area (Å²) in [5, 5.41) is 3.32. The molecule has 98 valence electrons. The van der Waals surface area contributed by atoms with Crippen molar-refractivity contribution in [3.63, 3.8) is 0 Å². The average Bonchev–Trinajstić information content (AvgIpc) is 2.70. The van der Waals surface area contributed by atoms with Gasteiger partial charge in [-0.15, -0.1) is 0 Å². The van der Waals surface area contributed by atoms with E-state index in [2.05, 4.69) is 15.3 Å². The first-order chi connectivity index (χ1) is 9.11. The van der Waals surface area contributed by atoms with E-state index in [1.165, 1.54) is 11.6 Å². The maximum atomic E-state index is 13.3. The van der Waals surface area contributed by atoms with E-state index in [9.17, 15) is 4.39 Å². The number of hydrogen-bond donors (Lipinski definition) is 1. The third-order valence-corrected chi connectivity index (χ3v) is 3.47. The molecule has 1 aromatic carbocycles. The Hall–Kier alpha value is -1.97. The van der Waals surface area contributed by atoms with E-state index in [4.69, 9.17) is 0 Å². The zero-order valence-corrected chi connectivity index (χ0v) is 11.1. The maximum absolute atomic E-state index is 13.3. The summed E-state index contributed by atoms with van der Waals surface area (Å²) in [4.78, 5) is 8.75. The molecule has 1 heterocycles. The smallest absolute Gasteiger partial charge is 0.223 e. The first-order valence-corrected chi connectivity index (χ1v) is 6.49. The summed E-state index contributed by atoms with van der Waals surface area (Å²) in [6, 6.07) is 7.05. The van der Waals surface area contributed by atoms with Crippen LogP contribution in [0.5, 0.6) is 0 Å². The molecule has 19 heavy (non-hydrogen) atoms. The van der Waals surface area contributed by atoms with E-state index in [-0.39, 0.29) is 11.9 Å². The minimum atomic E-state index is -0.186. The Labute approximate surface area is 111 Å². The van der Waals surface area contributed by atoms with Crippen LogP contribution < -0.4 is 5.32 Å². The molecule has 1 unspecified atom stereocenters. The Balaban J connectivity index is 1.88. The fourth-order valence-electron chi connectivity index (χ4n) is 2.67. The second kappa shape index (κ2) is 4.61. The molecule has 0 bridgehead atoms. The van der Waals surface area contributed by atoms with Crippen molar-refractivity contribution in [2.45, 2.75) is 32.7 Å². The van der Waals surface area contributed by atoms with Crippen molar-refractivity contribution < 1.29 is 4.39 Å². The SMILES string of the molecule is Cc1cc(C)nc(NC2CCc3ccc(F)cc32)n1. The van der Waals surface area contributed by atoms with Gasteiger partial charge in [0.15, 0.2) is 0 Å². The predicted octanol–water partition coefficient (Wildman–Crippen LogP) is 3.33. The summed E-state index contributed by atoms with van der Waals surface area (Å²) in [7, 11) is 0. The van der Waals surface area contributed by atoms with Gasteiger partial charge < -0.3 is 5.32 Å².